The molecule has 2 rings (SSSR count). The zero-order chi connectivity index (χ0) is 14.4. The van der Waals surface area contributed by atoms with E-state index in [9.17, 15) is 4.79 Å². The minimum absolute atomic E-state index is 0.255. The van der Waals surface area contributed by atoms with E-state index in [-0.39, 0.29) is 5.78 Å². The Morgan fingerprint density at radius 2 is 1.75 bits per heavy atom. The fourth-order valence-corrected chi connectivity index (χ4v) is 2.78. The highest BCUT2D eigenvalue weighted by molar-refractivity contribution is 5.99. The number of carbonyl (C=O) groups is 1. The first-order valence-corrected chi connectivity index (χ1v) is 7.87. The highest BCUT2D eigenvalue weighted by Crippen LogP contribution is 2.27. The molecule has 20 heavy (non-hydrogen) atoms. The van der Waals surface area contributed by atoms with Gasteiger partial charge < -0.3 is 5.32 Å². The lowest BCUT2D eigenvalue weighted by Gasteiger charge is -2.19. The van der Waals surface area contributed by atoms with Gasteiger partial charge in [0.2, 0.25) is 0 Å². The molecule has 1 N–H and O–H groups in total. The van der Waals surface area contributed by atoms with Crippen molar-refractivity contribution in [1.82, 2.24) is 0 Å². The molecular formula is C18H25NO. The summed E-state index contributed by atoms with van der Waals surface area (Å²) < 4.78 is 0. The maximum absolute atomic E-state index is 12.0. The smallest absolute Gasteiger partial charge is 0.178 e. The van der Waals surface area contributed by atoms with Crippen LogP contribution in [-0.4, -0.2) is 5.78 Å². The van der Waals surface area contributed by atoms with Crippen LogP contribution in [0.25, 0.3) is 0 Å². The maximum Gasteiger partial charge on any atom is 0.178 e. The molecule has 0 atom stereocenters. The average molecular weight is 271 g/mol. The molecular weight excluding hydrogens is 246 g/mol. The molecule has 0 amide bonds. The summed E-state index contributed by atoms with van der Waals surface area (Å²) in [4.78, 5) is 12.0. The number of anilines is 1. The summed E-state index contributed by atoms with van der Waals surface area (Å²) in [6, 6.07) is 6.50. The molecule has 0 bridgehead atoms. The van der Waals surface area contributed by atoms with Gasteiger partial charge in [-0.25, -0.2) is 0 Å². The molecule has 0 saturated carbocycles. The van der Waals surface area contributed by atoms with Crippen molar-refractivity contribution in [3.05, 3.63) is 41.1 Å². The van der Waals surface area contributed by atoms with Crippen molar-refractivity contribution in [2.45, 2.75) is 58.8 Å². The number of hydrogen-bond acceptors (Lipinski definition) is 2. The van der Waals surface area contributed by atoms with Crippen LogP contribution in [0.5, 0.6) is 0 Å². The van der Waals surface area contributed by atoms with Crippen LogP contribution in [0, 0.1) is 0 Å². The van der Waals surface area contributed by atoms with E-state index in [1.807, 2.05) is 0 Å². The Morgan fingerprint density at radius 3 is 2.30 bits per heavy atom. The first-order valence-electron chi connectivity index (χ1n) is 7.87. The first-order chi connectivity index (χ1) is 9.76. The quantitative estimate of drug-likeness (QED) is 0.816. The van der Waals surface area contributed by atoms with Gasteiger partial charge in [-0.2, -0.15) is 0 Å². The molecule has 0 radical (unpaired) electrons. The van der Waals surface area contributed by atoms with Crippen LogP contribution >= 0.6 is 0 Å². The Balaban J connectivity index is 2.31. The monoisotopic (exact) mass is 271 g/mol. The largest absolute Gasteiger partial charge is 0.352 e. The van der Waals surface area contributed by atoms with Crippen LogP contribution in [0.15, 0.2) is 30.0 Å². The predicted octanol–water partition coefficient (Wildman–Crippen LogP) is 4.64. The standard InChI is InChI=1S/C18H25NO/c1-3-8-14-10-7-11-15(9-4-2)18(14)19-16-12-5-6-13-17(16)20/h7,10-12,19H,3-6,8-9,13H2,1-2H3. The van der Waals surface area contributed by atoms with Gasteiger partial charge in [-0.05, 0) is 36.8 Å². The average Bonchev–Trinajstić information content (AvgIpc) is 2.45. The Bertz CT molecular complexity index is 478. The Labute approximate surface area is 122 Å². The zero-order valence-electron chi connectivity index (χ0n) is 12.7. The van der Waals surface area contributed by atoms with Crippen molar-refractivity contribution in [2.24, 2.45) is 0 Å². The van der Waals surface area contributed by atoms with Crippen molar-refractivity contribution in [2.75, 3.05) is 5.32 Å². The van der Waals surface area contributed by atoms with Gasteiger partial charge >= 0.3 is 0 Å². The third-order valence-electron chi connectivity index (χ3n) is 3.79. The molecule has 1 aromatic carbocycles. The van der Waals surface area contributed by atoms with E-state index >= 15 is 0 Å². The topological polar surface area (TPSA) is 29.1 Å². The van der Waals surface area contributed by atoms with Crippen molar-refractivity contribution < 1.29 is 4.79 Å². The van der Waals surface area contributed by atoms with Gasteiger partial charge in [0.25, 0.3) is 0 Å². The summed E-state index contributed by atoms with van der Waals surface area (Å²) in [5, 5.41) is 3.45. The van der Waals surface area contributed by atoms with E-state index < -0.39 is 0 Å². The minimum Gasteiger partial charge on any atom is -0.352 e. The number of para-hydroxylation sites is 1. The summed E-state index contributed by atoms with van der Waals surface area (Å²) in [5.41, 5.74) is 4.64. The zero-order valence-corrected chi connectivity index (χ0v) is 12.7. The van der Waals surface area contributed by atoms with Gasteiger partial charge in [0.15, 0.2) is 5.78 Å². The van der Waals surface area contributed by atoms with Crippen LogP contribution in [0.4, 0.5) is 5.69 Å². The van der Waals surface area contributed by atoms with Gasteiger partial charge in [0.1, 0.15) is 0 Å². The number of hydrogen-bond donors (Lipinski definition) is 1. The summed E-state index contributed by atoms with van der Waals surface area (Å²) in [7, 11) is 0. The Morgan fingerprint density at radius 1 is 1.10 bits per heavy atom. The van der Waals surface area contributed by atoms with Gasteiger partial charge in [-0.15, -0.1) is 0 Å². The molecule has 0 aliphatic heterocycles. The van der Waals surface area contributed by atoms with E-state index in [4.69, 9.17) is 0 Å². The lowest BCUT2D eigenvalue weighted by molar-refractivity contribution is -0.115. The third kappa shape index (κ3) is 3.50. The first kappa shape index (κ1) is 14.8. The number of nitrogens with one attached hydrogen (secondary N) is 1. The van der Waals surface area contributed by atoms with E-state index in [1.165, 1.54) is 16.8 Å². The van der Waals surface area contributed by atoms with E-state index in [0.717, 1.165) is 44.2 Å². The normalized spacial score (nSPS) is 15.1. The minimum atomic E-state index is 0.255. The molecule has 1 aliphatic carbocycles. The molecule has 0 aromatic heterocycles. The Kier molecular flexibility index (Phi) is 5.40. The number of Topliss-reactive ketones (excluding diaryl/α,β-unsaturated/α-hetero) is 1. The predicted molar refractivity (Wildman–Crippen MR) is 85.0 cm³/mol. The molecule has 108 valence electrons. The van der Waals surface area contributed by atoms with E-state index in [0.29, 0.717) is 6.42 Å². The summed E-state index contributed by atoms with van der Waals surface area (Å²) in [6.07, 6.45) is 9.09. The van der Waals surface area contributed by atoms with Crippen LogP contribution in [0.2, 0.25) is 0 Å². The lowest BCUT2D eigenvalue weighted by Crippen LogP contribution is -2.16. The second-order valence-electron chi connectivity index (χ2n) is 5.51. The van der Waals surface area contributed by atoms with E-state index in [1.54, 1.807) is 0 Å². The van der Waals surface area contributed by atoms with Crippen LogP contribution < -0.4 is 5.32 Å². The molecule has 2 nitrogen and oxygen atoms in total. The van der Waals surface area contributed by atoms with Crippen LogP contribution in [-0.2, 0) is 17.6 Å². The van der Waals surface area contributed by atoms with Gasteiger partial charge in [-0.3, -0.25) is 4.79 Å². The number of carbonyl (C=O) groups excluding carboxylic acids is 1. The SMILES string of the molecule is CCCc1cccc(CCC)c1NC1=CCCCC1=O. The Hall–Kier alpha value is -1.57. The lowest BCUT2D eigenvalue weighted by atomic mass is 9.98. The molecule has 0 saturated heterocycles. The number of aryl methyl sites for hydroxylation is 2. The highest BCUT2D eigenvalue weighted by atomic mass is 16.1. The van der Waals surface area contributed by atoms with Crippen molar-refractivity contribution in [1.29, 1.82) is 0 Å². The second kappa shape index (κ2) is 7.28. The fourth-order valence-electron chi connectivity index (χ4n) is 2.78. The number of ketones is 1. The number of allylic oxidation sites excluding steroid dienone is 2. The van der Waals surface area contributed by atoms with Crippen molar-refractivity contribution in [3.8, 4) is 0 Å². The van der Waals surface area contributed by atoms with Gasteiger partial charge in [0.05, 0.1) is 5.70 Å². The molecule has 2 heteroatoms. The maximum atomic E-state index is 12.0. The van der Waals surface area contributed by atoms with Crippen LogP contribution in [0.1, 0.15) is 57.1 Å². The van der Waals surface area contributed by atoms with Gasteiger partial charge in [-0.1, -0.05) is 51.0 Å². The van der Waals surface area contributed by atoms with Crippen molar-refractivity contribution >= 4 is 11.5 Å². The molecule has 1 aliphatic rings. The summed E-state index contributed by atoms with van der Waals surface area (Å²) >= 11 is 0. The molecule has 1 aromatic rings. The molecule has 0 heterocycles. The summed E-state index contributed by atoms with van der Waals surface area (Å²) in [5.74, 6) is 0.255. The second-order valence-corrected chi connectivity index (χ2v) is 5.51. The third-order valence-corrected chi connectivity index (χ3v) is 3.79. The number of benzene rings is 1. The summed E-state index contributed by atoms with van der Waals surface area (Å²) in [6.45, 7) is 4.39. The van der Waals surface area contributed by atoms with Gasteiger partial charge in [0, 0.05) is 12.1 Å². The fraction of sp³-hybridized carbons (Fsp3) is 0.500. The number of rotatable bonds is 6. The molecule has 0 unspecified atom stereocenters. The highest BCUT2D eigenvalue weighted by Gasteiger charge is 2.16. The van der Waals surface area contributed by atoms with E-state index in [2.05, 4.69) is 43.4 Å². The van der Waals surface area contributed by atoms with Crippen molar-refractivity contribution in [3.63, 3.8) is 0 Å². The molecule has 0 fully saturated rings. The molecule has 0 spiro atoms. The van der Waals surface area contributed by atoms with Crippen LogP contribution in [0.3, 0.4) is 0 Å².